The minimum Gasteiger partial charge on any atom is -0.452 e. The molecule has 0 fully saturated rings. The van der Waals surface area contributed by atoms with Crippen LogP contribution in [0, 0.1) is 18.3 Å². The molecular weight excluding hydrogens is 482 g/mol. The second-order valence-corrected chi connectivity index (χ2v) is 10.3. The van der Waals surface area contributed by atoms with Crippen LogP contribution >= 0.6 is 11.3 Å². The lowest BCUT2D eigenvalue weighted by Crippen LogP contribution is -2.21. The molecule has 1 N–H and O–H groups in total. The molecule has 2 heterocycles. The summed E-state index contributed by atoms with van der Waals surface area (Å²) in [6.07, 6.45) is 3.29. The number of carbonyl (C=O) groups excluding carboxylic acids is 2. The molecule has 186 valence electrons. The number of amides is 1. The number of esters is 1. The zero-order valence-electron chi connectivity index (χ0n) is 20.8. The highest BCUT2D eigenvalue weighted by molar-refractivity contribution is 7.16. The molecule has 2 aromatic carbocycles. The van der Waals surface area contributed by atoms with Gasteiger partial charge in [0.1, 0.15) is 11.1 Å². The first-order chi connectivity index (χ1) is 18.0. The van der Waals surface area contributed by atoms with Gasteiger partial charge in [0.2, 0.25) is 0 Å². The van der Waals surface area contributed by atoms with Crippen molar-refractivity contribution in [3.8, 4) is 6.07 Å². The zero-order valence-corrected chi connectivity index (χ0v) is 21.7. The molecule has 1 atom stereocenters. The number of pyridine rings is 1. The molecule has 5 rings (SSSR count). The summed E-state index contributed by atoms with van der Waals surface area (Å²) < 4.78 is 5.44. The molecule has 0 radical (unpaired) electrons. The van der Waals surface area contributed by atoms with E-state index in [1.165, 1.54) is 16.9 Å². The first-order valence-electron chi connectivity index (χ1n) is 12.4. The lowest BCUT2D eigenvalue weighted by molar-refractivity contribution is -0.119. The van der Waals surface area contributed by atoms with Crippen LogP contribution in [-0.2, 0) is 28.8 Å². The van der Waals surface area contributed by atoms with Gasteiger partial charge in [-0.05, 0) is 61.3 Å². The van der Waals surface area contributed by atoms with Crippen LogP contribution in [0.15, 0.2) is 54.6 Å². The van der Waals surface area contributed by atoms with Gasteiger partial charge in [0.25, 0.3) is 5.91 Å². The van der Waals surface area contributed by atoms with E-state index >= 15 is 0 Å². The van der Waals surface area contributed by atoms with E-state index in [0.29, 0.717) is 33.9 Å². The van der Waals surface area contributed by atoms with Gasteiger partial charge < -0.3 is 10.1 Å². The molecule has 37 heavy (non-hydrogen) atoms. The van der Waals surface area contributed by atoms with Gasteiger partial charge in [0.05, 0.1) is 16.6 Å². The molecule has 7 heteroatoms. The smallest absolute Gasteiger partial charge is 0.339 e. The van der Waals surface area contributed by atoms with Crippen molar-refractivity contribution in [2.45, 2.75) is 45.4 Å². The Labute approximate surface area is 219 Å². The monoisotopic (exact) mass is 509 g/mol. The summed E-state index contributed by atoms with van der Waals surface area (Å²) in [4.78, 5) is 31.6. The predicted octanol–water partition coefficient (Wildman–Crippen LogP) is 6.11. The highest BCUT2D eigenvalue weighted by Gasteiger charge is 2.27. The Kier molecular flexibility index (Phi) is 7.02. The summed E-state index contributed by atoms with van der Waals surface area (Å²) in [5.41, 5.74) is 5.59. The topological polar surface area (TPSA) is 92.1 Å². The van der Waals surface area contributed by atoms with Crippen molar-refractivity contribution in [2.24, 2.45) is 0 Å². The number of hydrogen-bond donors (Lipinski definition) is 1. The van der Waals surface area contributed by atoms with Gasteiger partial charge in [-0.2, -0.15) is 5.26 Å². The molecule has 2 aromatic heterocycles. The van der Waals surface area contributed by atoms with Crippen molar-refractivity contribution in [3.63, 3.8) is 0 Å². The van der Waals surface area contributed by atoms with E-state index in [-0.39, 0.29) is 0 Å². The highest BCUT2D eigenvalue weighted by atomic mass is 32.1. The molecular formula is C30H27N3O3S. The van der Waals surface area contributed by atoms with Crippen LogP contribution in [0.25, 0.3) is 10.9 Å². The number of aryl methyl sites for hydroxylation is 1. The van der Waals surface area contributed by atoms with Gasteiger partial charge in [-0.3, -0.25) is 9.78 Å². The number of nitriles is 1. The fourth-order valence-electron chi connectivity index (χ4n) is 5.13. The summed E-state index contributed by atoms with van der Waals surface area (Å²) in [7, 11) is 0. The van der Waals surface area contributed by atoms with E-state index in [1.54, 1.807) is 0 Å². The third-order valence-electron chi connectivity index (χ3n) is 7.01. The first kappa shape index (κ1) is 24.7. The summed E-state index contributed by atoms with van der Waals surface area (Å²) in [6.45, 7) is 3.41. The Morgan fingerprint density at radius 2 is 1.92 bits per heavy atom. The van der Waals surface area contributed by atoms with Crippen LogP contribution in [0.2, 0.25) is 0 Å². The van der Waals surface area contributed by atoms with E-state index in [2.05, 4.69) is 28.5 Å². The van der Waals surface area contributed by atoms with Crippen molar-refractivity contribution < 1.29 is 14.3 Å². The van der Waals surface area contributed by atoms with Gasteiger partial charge in [-0.15, -0.1) is 11.3 Å². The quantitative estimate of drug-likeness (QED) is 0.317. The van der Waals surface area contributed by atoms with Crippen LogP contribution in [0.4, 0.5) is 5.00 Å². The average Bonchev–Trinajstić information content (AvgIpc) is 3.27. The number of para-hydroxylation sites is 1. The maximum absolute atomic E-state index is 13.1. The Morgan fingerprint density at radius 3 is 2.68 bits per heavy atom. The average molecular weight is 510 g/mol. The molecule has 6 nitrogen and oxygen atoms in total. The molecule has 1 unspecified atom stereocenters. The zero-order chi connectivity index (χ0) is 25.9. The van der Waals surface area contributed by atoms with E-state index in [9.17, 15) is 14.9 Å². The number of fused-ring (bicyclic) bond motifs is 2. The van der Waals surface area contributed by atoms with E-state index in [0.717, 1.165) is 46.5 Å². The minimum atomic E-state index is -0.558. The number of nitrogens with zero attached hydrogens (tertiary/aromatic N) is 2. The molecule has 1 amide bonds. The fraction of sp³-hybridized carbons (Fsp3) is 0.267. The predicted molar refractivity (Wildman–Crippen MR) is 145 cm³/mol. The summed E-state index contributed by atoms with van der Waals surface area (Å²) in [5, 5.41) is 13.9. The Hall–Kier alpha value is -4.02. The van der Waals surface area contributed by atoms with Crippen LogP contribution in [-0.4, -0.2) is 23.5 Å². The van der Waals surface area contributed by atoms with Crippen molar-refractivity contribution in [1.29, 1.82) is 5.26 Å². The maximum Gasteiger partial charge on any atom is 0.339 e. The third kappa shape index (κ3) is 4.85. The number of thiophene rings is 1. The van der Waals surface area contributed by atoms with E-state index < -0.39 is 18.5 Å². The normalized spacial score (nSPS) is 14.6. The Balaban J connectivity index is 1.30. The molecule has 1 aliphatic carbocycles. The Morgan fingerprint density at radius 1 is 1.16 bits per heavy atom. The van der Waals surface area contributed by atoms with Crippen LogP contribution in [0.5, 0.6) is 0 Å². The number of carbonyl (C=O) groups is 2. The number of ether oxygens (including phenoxy) is 1. The molecule has 0 spiro atoms. The first-order valence-corrected chi connectivity index (χ1v) is 13.3. The van der Waals surface area contributed by atoms with Crippen LogP contribution in [0.3, 0.4) is 0 Å². The molecule has 0 bridgehead atoms. The van der Waals surface area contributed by atoms with Gasteiger partial charge in [-0.25, -0.2) is 4.79 Å². The van der Waals surface area contributed by atoms with Gasteiger partial charge in [-0.1, -0.05) is 55.5 Å². The summed E-state index contributed by atoms with van der Waals surface area (Å²) in [5.74, 6) is -0.623. The minimum absolute atomic E-state index is 0.398. The second-order valence-electron chi connectivity index (χ2n) is 9.22. The molecule has 0 aliphatic heterocycles. The molecule has 1 aliphatic rings. The molecule has 0 saturated carbocycles. The number of hydrogen-bond acceptors (Lipinski definition) is 6. The highest BCUT2D eigenvalue weighted by Crippen LogP contribution is 2.42. The molecule has 0 saturated heterocycles. The third-order valence-corrected chi connectivity index (χ3v) is 8.18. The summed E-state index contributed by atoms with van der Waals surface area (Å²) >= 11 is 1.45. The van der Waals surface area contributed by atoms with Crippen molar-refractivity contribution >= 4 is 39.1 Å². The fourth-order valence-corrected chi connectivity index (χ4v) is 6.43. The van der Waals surface area contributed by atoms with E-state index in [4.69, 9.17) is 4.74 Å². The van der Waals surface area contributed by atoms with Crippen molar-refractivity contribution in [1.82, 2.24) is 4.98 Å². The number of rotatable bonds is 6. The van der Waals surface area contributed by atoms with Gasteiger partial charge >= 0.3 is 5.97 Å². The van der Waals surface area contributed by atoms with Crippen LogP contribution in [0.1, 0.15) is 62.4 Å². The number of anilines is 1. The maximum atomic E-state index is 13.1. The van der Waals surface area contributed by atoms with Crippen molar-refractivity contribution in [2.75, 3.05) is 11.9 Å². The number of aromatic nitrogens is 1. The van der Waals surface area contributed by atoms with Crippen LogP contribution < -0.4 is 5.32 Å². The standard InChI is InChI=1S/C30H27N3O3S/c1-3-24-18(2)28(22-11-7-8-12-25(22)32-24)30(35)36-17-27(34)33-29-23(16-31)21-14-13-20(15-26(21)37-29)19-9-5-4-6-10-19/h4-12,20H,3,13-15,17H2,1-2H3,(H,33,34). The number of benzene rings is 2. The largest absolute Gasteiger partial charge is 0.452 e. The second kappa shape index (κ2) is 10.5. The van der Waals surface area contributed by atoms with Gasteiger partial charge in [0.15, 0.2) is 6.61 Å². The van der Waals surface area contributed by atoms with Gasteiger partial charge in [0, 0.05) is 16.0 Å². The SMILES string of the molecule is CCc1nc2ccccc2c(C(=O)OCC(=O)Nc2sc3c(c2C#N)CCC(c2ccccc2)C3)c1C. The lowest BCUT2D eigenvalue weighted by Gasteiger charge is -2.22. The van der Waals surface area contributed by atoms with E-state index in [1.807, 2.05) is 56.3 Å². The molecule has 4 aromatic rings. The van der Waals surface area contributed by atoms with Crippen molar-refractivity contribution in [3.05, 3.63) is 93.0 Å². The Bertz CT molecular complexity index is 1540. The number of nitrogens with one attached hydrogen (secondary N) is 1. The summed E-state index contributed by atoms with van der Waals surface area (Å²) in [6, 6.07) is 20.1. The lowest BCUT2D eigenvalue weighted by atomic mass is 9.83.